The maximum absolute atomic E-state index is 10.6. The third kappa shape index (κ3) is 3.26. The van der Waals surface area contributed by atoms with Crippen LogP contribution in [0.5, 0.6) is 0 Å². The summed E-state index contributed by atoms with van der Waals surface area (Å²) in [4.78, 5) is 18.7. The molecule has 0 aromatic carbocycles. The van der Waals surface area contributed by atoms with E-state index in [-0.39, 0.29) is 0 Å². The lowest BCUT2D eigenvalue weighted by Gasteiger charge is -2.13. The van der Waals surface area contributed by atoms with E-state index in [1.165, 1.54) is 4.88 Å². The molecule has 1 N–H and O–H groups in total. The largest absolute Gasteiger partial charge is 0.481 e. The van der Waals surface area contributed by atoms with E-state index < -0.39 is 5.97 Å². The van der Waals surface area contributed by atoms with Gasteiger partial charge in [-0.15, -0.1) is 11.3 Å². The van der Waals surface area contributed by atoms with Crippen LogP contribution in [0.3, 0.4) is 0 Å². The Bertz CT molecular complexity index is 397. The number of carboxylic acid groups (broad SMARTS) is 1. The zero-order chi connectivity index (χ0) is 12.4. The van der Waals surface area contributed by atoms with Gasteiger partial charge in [-0.25, -0.2) is 4.98 Å². The Kier molecular flexibility index (Phi) is 3.79. The van der Waals surface area contributed by atoms with Crippen LogP contribution in [0, 0.1) is 19.8 Å². The summed E-state index contributed by atoms with van der Waals surface area (Å²) in [5, 5.41) is 9.91. The highest BCUT2D eigenvalue weighted by atomic mass is 32.1. The summed E-state index contributed by atoms with van der Waals surface area (Å²) in [5.41, 5.74) is 1.12. The molecule has 1 aliphatic rings. The number of aliphatic carboxylic acids is 1. The summed E-state index contributed by atoms with van der Waals surface area (Å²) < 4.78 is 0. The van der Waals surface area contributed by atoms with E-state index in [9.17, 15) is 4.79 Å². The van der Waals surface area contributed by atoms with Crippen LogP contribution < -0.4 is 0 Å². The van der Waals surface area contributed by atoms with Crippen LogP contribution in [-0.2, 0) is 11.3 Å². The van der Waals surface area contributed by atoms with Crippen molar-refractivity contribution in [3.05, 3.63) is 15.6 Å². The summed E-state index contributed by atoms with van der Waals surface area (Å²) in [5.74, 6) is -0.368. The molecule has 1 aromatic rings. The first-order chi connectivity index (χ1) is 8.04. The Morgan fingerprint density at radius 1 is 1.59 bits per heavy atom. The van der Waals surface area contributed by atoms with Crippen molar-refractivity contribution in [3.63, 3.8) is 0 Å². The fourth-order valence-electron chi connectivity index (χ4n) is 2.27. The number of nitrogens with zero attached hydrogens (tertiary/aromatic N) is 2. The smallest absolute Gasteiger partial charge is 0.303 e. The van der Waals surface area contributed by atoms with Crippen molar-refractivity contribution < 1.29 is 9.90 Å². The van der Waals surface area contributed by atoms with Gasteiger partial charge in [0.2, 0.25) is 0 Å². The minimum absolute atomic E-state index is 0.298. The zero-order valence-corrected chi connectivity index (χ0v) is 11.1. The average Bonchev–Trinajstić information content (AvgIpc) is 2.75. The molecule has 0 aliphatic carbocycles. The fourth-order valence-corrected chi connectivity index (χ4v) is 3.24. The Morgan fingerprint density at radius 3 is 2.94 bits per heavy atom. The van der Waals surface area contributed by atoms with Gasteiger partial charge in [0.25, 0.3) is 0 Å². The van der Waals surface area contributed by atoms with E-state index >= 15 is 0 Å². The second-order valence-corrected chi connectivity index (χ2v) is 6.02. The minimum Gasteiger partial charge on any atom is -0.481 e. The van der Waals surface area contributed by atoms with Crippen LogP contribution in [0.4, 0.5) is 0 Å². The molecule has 1 saturated heterocycles. The van der Waals surface area contributed by atoms with Crippen molar-refractivity contribution in [1.29, 1.82) is 0 Å². The van der Waals surface area contributed by atoms with Gasteiger partial charge < -0.3 is 5.11 Å². The molecule has 1 atom stereocenters. The Hall–Kier alpha value is -0.940. The van der Waals surface area contributed by atoms with E-state index in [1.54, 1.807) is 11.3 Å². The van der Waals surface area contributed by atoms with Gasteiger partial charge in [-0.1, -0.05) is 0 Å². The number of carboxylic acids is 1. The van der Waals surface area contributed by atoms with Crippen molar-refractivity contribution in [2.45, 2.75) is 33.2 Å². The zero-order valence-electron chi connectivity index (χ0n) is 10.3. The number of hydrogen-bond donors (Lipinski definition) is 1. The molecule has 0 bridgehead atoms. The normalized spacial score (nSPS) is 20.9. The molecule has 17 heavy (non-hydrogen) atoms. The lowest BCUT2D eigenvalue weighted by Crippen LogP contribution is -2.20. The van der Waals surface area contributed by atoms with E-state index in [0.29, 0.717) is 12.3 Å². The van der Waals surface area contributed by atoms with Crippen LogP contribution in [0.2, 0.25) is 0 Å². The third-order valence-electron chi connectivity index (χ3n) is 3.26. The minimum atomic E-state index is -0.683. The molecule has 2 rings (SSSR count). The molecule has 5 heteroatoms. The van der Waals surface area contributed by atoms with Gasteiger partial charge in [-0.2, -0.15) is 0 Å². The lowest BCUT2D eigenvalue weighted by molar-refractivity contribution is -0.138. The second-order valence-electron chi connectivity index (χ2n) is 4.74. The number of rotatable bonds is 4. The van der Waals surface area contributed by atoms with E-state index in [2.05, 4.69) is 16.8 Å². The second kappa shape index (κ2) is 5.14. The van der Waals surface area contributed by atoms with Gasteiger partial charge in [0.15, 0.2) is 0 Å². The van der Waals surface area contributed by atoms with Crippen LogP contribution in [-0.4, -0.2) is 34.0 Å². The van der Waals surface area contributed by atoms with Gasteiger partial charge in [0, 0.05) is 17.8 Å². The topological polar surface area (TPSA) is 53.4 Å². The highest BCUT2D eigenvalue weighted by molar-refractivity contribution is 7.11. The van der Waals surface area contributed by atoms with Gasteiger partial charge in [0.1, 0.15) is 5.01 Å². The van der Waals surface area contributed by atoms with Crippen LogP contribution in [0.15, 0.2) is 0 Å². The van der Waals surface area contributed by atoms with Crippen molar-refractivity contribution in [2.24, 2.45) is 5.92 Å². The lowest BCUT2D eigenvalue weighted by atomic mass is 10.1. The SMILES string of the molecule is Cc1nc(CN2CCC(CC(=O)O)C2)sc1C. The Morgan fingerprint density at radius 2 is 2.35 bits per heavy atom. The maximum atomic E-state index is 10.6. The first-order valence-corrected chi connectivity index (χ1v) is 6.73. The monoisotopic (exact) mass is 254 g/mol. The average molecular weight is 254 g/mol. The number of aryl methyl sites for hydroxylation is 2. The van der Waals surface area contributed by atoms with Crippen LogP contribution in [0.25, 0.3) is 0 Å². The molecule has 1 unspecified atom stereocenters. The standard InChI is InChI=1S/C12H18N2O2S/c1-8-9(2)17-11(13-8)7-14-4-3-10(6-14)5-12(15)16/h10H,3-7H2,1-2H3,(H,15,16). The predicted molar refractivity (Wildman–Crippen MR) is 67.2 cm³/mol. The van der Waals surface area contributed by atoms with Gasteiger partial charge in [-0.3, -0.25) is 9.69 Å². The summed E-state index contributed by atoms with van der Waals surface area (Å²) in [6.45, 7) is 6.88. The summed E-state index contributed by atoms with van der Waals surface area (Å²) in [7, 11) is 0. The van der Waals surface area contributed by atoms with Gasteiger partial charge in [0.05, 0.1) is 12.2 Å². The van der Waals surface area contributed by atoms with Gasteiger partial charge >= 0.3 is 5.97 Å². The number of hydrogen-bond acceptors (Lipinski definition) is 4. The number of carbonyl (C=O) groups is 1. The molecule has 1 aliphatic heterocycles. The molecular weight excluding hydrogens is 236 g/mol. The molecule has 2 heterocycles. The Labute approximate surface area is 105 Å². The summed E-state index contributed by atoms with van der Waals surface area (Å²) in [6, 6.07) is 0. The number of thiazole rings is 1. The molecule has 1 aromatic heterocycles. The molecule has 94 valence electrons. The van der Waals surface area contributed by atoms with E-state index in [4.69, 9.17) is 5.11 Å². The summed E-state index contributed by atoms with van der Waals surface area (Å²) >= 11 is 1.75. The quantitative estimate of drug-likeness (QED) is 0.893. The van der Waals surface area contributed by atoms with Crippen molar-refractivity contribution in [2.75, 3.05) is 13.1 Å². The molecule has 1 fully saturated rings. The highest BCUT2D eigenvalue weighted by Gasteiger charge is 2.25. The molecule has 0 saturated carbocycles. The third-order valence-corrected chi connectivity index (χ3v) is 4.32. The molecule has 4 nitrogen and oxygen atoms in total. The molecule has 0 spiro atoms. The molecular formula is C12H18N2O2S. The van der Waals surface area contributed by atoms with E-state index in [0.717, 1.165) is 36.8 Å². The van der Waals surface area contributed by atoms with Crippen molar-refractivity contribution >= 4 is 17.3 Å². The first-order valence-electron chi connectivity index (χ1n) is 5.91. The summed E-state index contributed by atoms with van der Waals surface area (Å²) in [6.07, 6.45) is 1.29. The van der Waals surface area contributed by atoms with E-state index in [1.807, 2.05) is 6.92 Å². The predicted octanol–water partition coefficient (Wildman–Crippen LogP) is 2.06. The molecule has 0 amide bonds. The van der Waals surface area contributed by atoms with Crippen molar-refractivity contribution in [3.8, 4) is 0 Å². The Balaban J connectivity index is 1.87. The number of likely N-dealkylation sites (tertiary alicyclic amines) is 1. The first kappa shape index (κ1) is 12.5. The highest BCUT2D eigenvalue weighted by Crippen LogP contribution is 2.24. The number of aromatic nitrogens is 1. The van der Waals surface area contributed by atoms with Crippen LogP contribution >= 0.6 is 11.3 Å². The fraction of sp³-hybridized carbons (Fsp3) is 0.667. The maximum Gasteiger partial charge on any atom is 0.303 e. The van der Waals surface area contributed by atoms with Crippen molar-refractivity contribution in [1.82, 2.24) is 9.88 Å². The van der Waals surface area contributed by atoms with Gasteiger partial charge in [-0.05, 0) is 32.7 Å². The molecule has 0 radical (unpaired) electrons. The van der Waals surface area contributed by atoms with Crippen LogP contribution in [0.1, 0.15) is 28.4 Å².